The van der Waals surface area contributed by atoms with Crippen LogP contribution in [0.15, 0.2) is 40.3 Å². The van der Waals surface area contributed by atoms with Crippen LogP contribution in [-0.4, -0.2) is 46.4 Å². The first-order valence-electron chi connectivity index (χ1n) is 10.3. The molecule has 0 fully saturated rings. The van der Waals surface area contributed by atoms with Crippen molar-refractivity contribution in [3.63, 3.8) is 0 Å². The van der Waals surface area contributed by atoms with Crippen LogP contribution in [0, 0.1) is 6.92 Å². The van der Waals surface area contributed by atoms with Gasteiger partial charge in [0.15, 0.2) is 5.16 Å². The molecule has 0 aliphatic heterocycles. The Hall–Kier alpha value is -2.16. The van der Waals surface area contributed by atoms with E-state index in [0.29, 0.717) is 30.2 Å². The molecular formula is C23H29N3O3S2. The molecule has 1 amide bonds. The summed E-state index contributed by atoms with van der Waals surface area (Å²) in [6, 6.07) is 9.90. The molecule has 2 aromatic heterocycles. The molecule has 0 spiro atoms. The third-order valence-corrected chi connectivity index (χ3v) is 7.34. The predicted octanol–water partition coefficient (Wildman–Crippen LogP) is 4.11. The number of hydrogen-bond acceptors (Lipinski definition) is 6. The number of aryl methyl sites for hydroxylation is 2. The minimum absolute atomic E-state index is 0.00176. The summed E-state index contributed by atoms with van der Waals surface area (Å²) in [5.41, 5.74) is 2.09. The van der Waals surface area contributed by atoms with Crippen molar-refractivity contribution in [3.8, 4) is 0 Å². The lowest BCUT2D eigenvalue weighted by Gasteiger charge is -2.22. The number of rotatable bonds is 9. The quantitative estimate of drug-likeness (QED) is 0.356. The topological polar surface area (TPSA) is 64.4 Å². The van der Waals surface area contributed by atoms with Gasteiger partial charge in [0.05, 0.1) is 23.8 Å². The molecule has 0 bridgehead atoms. The van der Waals surface area contributed by atoms with Gasteiger partial charge in [0.1, 0.15) is 4.83 Å². The average Bonchev–Trinajstić information content (AvgIpc) is 3.08. The fraction of sp³-hybridized carbons (Fsp3) is 0.435. The van der Waals surface area contributed by atoms with Gasteiger partial charge in [-0.25, -0.2) is 4.98 Å². The summed E-state index contributed by atoms with van der Waals surface area (Å²) in [6.07, 6.45) is 0.790. The van der Waals surface area contributed by atoms with Crippen molar-refractivity contribution in [2.75, 3.05) is 20.8 Å². The molecular weight excluding hydrogens is 430 g/mol. The lowest BCUT2D eigenvalue weighted by atomic mass is 10.1. The van der Waals surface area contributed by atoms with E-state index in [4.69, 9.17) is 9.72 Å². The lowest BCUT2D eigenvalue weighted by Crippen LogP contribution is -2.33. The maximum atomic E-state index is 13.3. The first kappa shape index (κ1) is 23.5. The number of aromatic nitrogens is 2. The molecule has 8 heteroatoms. The second-order valence-electron chi connectivity index (χ2n) is 7.45. The zero-order chi connectivity index (χ0) is 22.5. The summed E-state index contributed by atoms with van der Waals surface area (Å²) in [5, 5.41) is 0.886. The third kappa shape index (κ3) is 5.19. The van der Waals surface area contributed by atoms with Crippen molar-refractivity contribution >= 4 is 39.2 Å². The van der Waals surface area contributed by atoms with Gasteiger partial charge < -0.3 is 9.64 Å². The molecule has 0 aliphatic rings. The van der Waals surface area contributed by atoms with Crippen LogP contribution in [0.4, 0.5) is 0 Å². The number of benzene rings is 1. The largest absolute Gasteiger partial charge is 0.383 e. The normalized spacial score (nSPS) is 12.3. The second-order valence-corrected chi connectivity index (χ2v) is 9.97. The summed E-state index contributed by atoms with van der Waals surface area (Å²) in [4.78, 5) is 34.7. The van der Waals surface area contributed by atoms with Crippen LogP contribution >= 0.6 is 23.1 Å². The molecule has 166 valence electrons. The second kappa shape index (κ2) is 10.4. The minimum atomic E-state index is -0.376. The zero-order valence-electron chi connectivity index (χ0n) is 18.7. The Morgan fingerprint density at radius 2 is 2.03 bits per heavy atom. The third-order valence-electron chi connectivity index (χ3n) is 5.22. The highest BCUT2D eigenvalue weighted by atomic mass is 32.2. The Labute approximate surface area is 191 Å². The first-order chi connectivity index (χ1) is 14.9. The maximum Gasteiger partial charge on any atom is 0.263 e. The number of methoxy groups -OCH3 is 1. The fourth-order valence-electron chi connectivity index (χ4n) is 3.58. The van der Waals surface area contributed by atoms with Crippen molar-refractivity contribution in [2.45, 2.75) is 50.7 Å². The van der Waals surface area contributed by atoms with E-state index in [0.717, 1.165) is 27.3 Å². The molecule has 3 rings (SSSR count). The Morgan fingerprint density at radius 1 is 1.32 bits per heavy atom. The average molecular weight is 460 g/mol. The number of carbonyl (C=O) groups is 1. The van der Waals surface area contributed by atoms with Crippen LogP contribution in [0.1, 0.15) is 29.9 Å². The van der Waals surface area contributed by atoms with Crippen molar-refractivity contribution in [1.82, 2.24) is 14.5 Å². The molecule has 0 N–H and O–H groups in total. The van der Waals surface area contributed by atoms with E-state index < -0.39 is 0 Å². The van der Waals surface area contributed by atoms with Crippen molar-refractivity contribution in [1.29, 1.82) is 0 Å². The number of thiophene rings is 1. The van der Waals surface area contributed by atoms with Crippen LogP contribution in [0.25, 0.3) is 10.2 Å². The Bertz CT molecular complexity index is 1110. The lowest BCUT2D eigenvalue weighted by molar-refractivity contribution is -0.129. The van der Waals surface area contributed by atoms with Crippen molar-refractivity contribution < 1.29 is 9.53 Å². The number of ether oxygens (including phenoxy) is 1. The number of amides is 1. The highest BCUT2D eigenvalue weighted by molar-refractivity contribution is 8.00. The highest BCUT2D eigenvalue weighted by Crippen LogP contribution is 2.31. The van der Waals surface area contributed by atoms with E-state index in [1.165, 1.54) is 11.8 Å². The zero-order valence-corrected chi connectivity index (χ0v) is 20.3. The van der Waals surface area contributed by atoms with E-state index in [-0.39, 0.29) is 16.7 Å². The first-order valence-corrected chi connectivity index (χ1v) is 12.0. The molecule has 6 nitrogen and oxygen atoms in total. The summed E-state index contributed by atoms with van der Waals surface area (Å²) >= 11 is 2.87. The van der Waals surface area contributed by atoms with Crippen molar-refractivity contribution in [3.05, 3.63) is 56.7 Å². The minimum Gasteiger partial charge on any atom is -0.383 e. The summed E-state index contributed by atoms with van der Waals surface area (Å²) in [6.45, 7) is 7.29. The van der Waals surface area contributed by atoms with Gasteiger partial charge in [0.2, 0.25) is 5.91 Å². The van der Waals surface area contributed by atoms with E-state index in [2.05, 4.69) is 6.92 Å². The maximum absolute atomic E-state index is 13.3. The van der Waals surface area contributed by atoms with E-state index >= 15 is 0 Å². The SMILES string of the molecule is CCc1c(C)sc2nc(SC(C)C(=O)N(C)Cc3ccccc3)n(CCOC)c(=O)c12. The number of fused-ring (bicyclic) bond motifs is 1. The van der Waals surface area contributed by atoms with Crippen LogP contribution < -0.4 is 5.56 Å². The van der Waals surface area contributed by atoms with Crippen LogP contribution in [0.5, 0.6) is 0 Å². The van der Waals surface area contributed by atoms with E-state index in [1.807, 2.05) is 44.2 Å². The standard InChI is InChI=1S/C23H29N3O3S2/c1-6-18-15(2)30-20-19(18)22(28)26(12-13-29-5)23(24-20)31-16(3)21(27)25(4)14-17-10-8-7-9-11-17/h7-11,16H,6,12-14H2,1-5H3. The summed E-state index contributed by atoms with van der Waals surface area (Å²) < 4.78 is 6.87. The molecule has 0 radical (unpaired) electrons. The van der Waals surface area contributed by atoms with E-state index in [1.54, 1.807) is 35.0 Å². The van der Waals surface area contributed by atoms with Crippen molar-refractivity contribution in [2.24, 2.45) is 0 Å². The number of nitrogens with zero attached hydrogens (tertiary/aromatic N) is 3. The molecule has 1 unspecified atom stereocenters. The number of carbonyl (C=O) groups excluding carboxylic acids is 1. The molecule has 1 aromatic carbocycles. The van der Waals surface area contributed by atoms with Gasteiger partial charge >= 0.3 is 0 Å². The molecule has 3 aromatic rings. The van der Waals surface area contributed by atoms with Crippen LogP contribution in [0.3, 0.4) is 0 Å². The summed E-state index contributed by atoms with van der Waals surface area (Å²) in [5.74, 6) is -0.00176. The Balaban J connectivity index is 1.90. The summed E-state index contributed by atoms with van der Waals surface area (Å²) in [7, 11) is 3.41. The van der Waals surface area contributed by atoms with Crippen LogP contribution in [0.2, 0.25) is 0 Å². The molecule has 2 heterocycles. The Morgan fingerprint density at radius 3 is 2.68 bits per heavy atom. The van der Waals surface area contributed by atoms with Gasteiger partial charge in [-0.15, -0.1) is 11.3 Å². The highest BCUT2D eigenvalue weighted by Gasteiger charge is 2.24. The van der Waals surface area contributed by atoms with Gasteiger partial charge in [0.25, 0.3) is 5.56 Å². The molecule has 1 atom stereocenters. The van der Waals surface area contributed by atoms with Gasteiger partial charge in [-0.3, -0.25) is 14.2 Å². The van der Waals surface area contributed by atoms with Gasteiger partial charge in [-0.2, -0.15) is 0 Å². The van der Waals surface area contributed by atoms with Gasteiger partial charge in [-0.05, 0) is 31.4 Å². The van der Waals surface area contributed by atoms with E-state index in [9.17, 15) is 9.59 Å². The molecule has 0 saturated heterocycles. The smallest absolute Gasteiger partial charge is 0.263 e. The fourth-order valence-corrected chi connectivity index (χ4v) is 5.79. The van der Waals surface area contributed by atoms with Crippen LogP contribution in [-0.2, 0) is 29.0 Å². The van der Waals surface area contributed by atoms with Gasteiger partial charge in [-0.1, -0.05) is 49.0 Å². The monoisotopic (exact) mass is 459 g/mol. The molecule has 0 aliphatic carbocycles. The predicted molar refractivity (Wildman–Crippen MR) is 128 cm³/mol. The Kier molecular flexibility index (Phi) is 7.91. The number of thioether (sulfide) groups is 1. The molecule has 31 heavy (non-hydrogen) atoms. The van der Waals surface area contributed by atoms with Gasteiger partial charge in [0, 0.05) is 25.6 Å². The molecule has 0 saturated carbocycles. The number of hydrogen-bond donors (Lipinski definition) is 0.